The van der Waals surface area contributed by atoms with Crippen molar-refractivity contribution in [3.63, 3.8) is 0 Å². The molecule has 1 aliphatic rings. The van der Waals surface area contributed by atoms with Crippen molar-refractivity contribution in [1.29, 1.82) is 0 Å². The molecule has 0 radical (unpaired) electrons. The molecule has 1 heterocycles. The minimum Gasteiger partial charge on any atom is -0.479 e. The number of carbonyl (C=O) groups is 3. The van der Waals surface area contributed by atoms with E-state index in [-0.39, 0.29) is 23.1 Å². The van der Waals surface area contributed by atoms with Gasteiger partial charge in [-0.3, -0.25) is 14.5 Å². The Morgan fingerprint density at radius 1 is 1.19 bits per heavy atom. The monoisotopic (exact) mass is 354 g/mol. The maximum absolute atomic E-state index is 12.6. The molecule has 0 bridgehead atoms. The first-order chi connectivity index (χ1) is 12.4. The van der Waals surface area contributed by atoms with E-state index in [1.165, 1.54) is 23.1 Å². The summed E-state index contributed by atoms with van der Waals surface area (Å²) >= 11 is 0. The van der Waals surface area contributed by atoms with Crippen LogP contribution in [0.25, 0.3) is 0 Å². The molecule has 0 aliphatic carbocycles. The highest BCUT2D eigenvalue weighted by atomic mass is 16.5. The average molecular weight is 354 g/mol. The number of hydrogen-bond donors (Lipinski definition) is 2. The maximum Gasteiger partial charge on any atom is 0.335 e. The molecule has 0 aromatic heterocycles. The summed E-state index contributed by atoms with van der Waals surface area (Å²) in [5.74, 6) is -1.55. The van der Waals surface area contributed by atoms with E-state index in [9.17, 15) is 14.4 Å². The molecule has 1 aliphatic heterocycles. The molecule has 0 fully saturated rings. The van der Waals surface area contributed by atoms with Crippen LogP contribution in [0.1, 0.15) is 24.2 Å². The minimum atomic E-state index is -1.10. The van der Waals surface area contributed by atoms with Crippen LogP contribution in [-0.2, 0) is 9.59 Å². The lowest BCUT2D eigenvalue weighted by molar-refractivity contribution is -0.128. The number of carboxylic acids is 1. The first kappa shape index (κ1) is 17.5. The Kier molecular flexibility index (Phi) is 4.62. The number of carboxylic acid groups (broad SMARTS) is 1. The van der Waals surface area contributed by atoms with Crippen molar-refractivity contribution < 1.29 is 24.2 Å². The number of hydrogen-bond acceptors (Lipinski definition) is 4. The number of benzene rings is 2. The number of nitrogens with one attached hydrogen (secondary N) is 1. The van der Waals surface area contributed by atoms with Crippen LogP contribution in [0.15, 0.2) is 48.5 Å². The van der Waals surface area contributed by atoms with Gasteiger partial charge in [-0.15, -0.1) is 0 Å². The van der Waals surface area contributed by atoms with Gasteiger partial charge in [0.2, 0.25) is 5.91 Å². The third-order valence-electron chi connectivity index (χ3n) is 4.16. The fourth-order valence-electron chi connectivity index (χ4n) is 2.78. The highest BCUT2D eigenvalue weighted by molar-refractivity contribution is 6.08. The van der Waals surface area contributed by atoms with E-state index in [1.807, 2.05) is 6.07 Å². The zero-order valence-electron chi connectivity index (χ0n) is 14.3. The van der Waals surface area contributed by atoms with Gasteiger partial charge in [-0.05, 0) is 44.2 Å². The summed E-state index contributed by atoms with van der Waals surface area (Å²) in [7, 11) is 0. The fraction of sp³-hybridized carbons (Fsp3) is 0.211. The third-order valence-corrected chi connectivity index (χ3v) is 4.16. The Balaban J connectivity index is 1.92. The molecule has 2 N–H and O–H groups in total. The second-order valence-electron chi connectivity index (χ2n) is 5.99. The Hall–Kier alpha value is -3.35. The van der Waals surface area contributed by atoms with Crippen LogP contribution in [0.4, 0.5) is 11.4 Å². The number of rotatable bonds is 4. The van der Waals surface area contributed by atoms with Crippen LogP contribution >= 0.6 is 0 Å². The normalized spacial score (nSPS) is 17.1. The zero-order chi connectivity index (χ0) is 18.8. The molecule has 0 spiro atoms. The van der Waals surface area contributed by atoms with E-state index in [0.29, 0.717) is 11.4 Å². The van der Waals surface area contributed by atoms with Crippen molar-refractivity contribution in [2.24, 2.45) is 0 Å². The summed E-state index contributed by atoms with van der Waals surface area (Å²) in [5, 5.41) is 11.9. The van der Waals surface area contributed by atoms with E-state index in [1.54, 1.807) is 38.1 Å². The Bertz CT molecular complexity index is 865. The van der Waals surface area contributed by atoms with Crippen LogP contribution in [0, 0.1) is 0 Å². The van der Waals surface area contributed by atoms with Crippen LogP contribution < -0.4 is 15.0 Å². The molecule has 3 rings (SSSR count). The van der Waals surface area contributed by atoms with E-state index < -0.39 is 18.1 Å². The molecule has 7 nitrogen and oxygen atoms in total. The van der Waals surface area contributed by atoms with E-state index in [0.717, 1.165) is 0 Å². The number of carbonyl (C=O) groups excluding carboxylic acids is 2. The quantitative estimate of drug-likeness (QED) is 0.880. The van der Waals surface area contributed by atoms with Crippen LogP contribution in [0.2, 0.25) is 0 Å². The first-order valence-corrected chi connectivity index (χ1v) is 8.11. The van der Waals surface area contributed by atoms with Gasteiger partial charge in [0.05, 0.1) is 11.3 Å². The van der Waals surface area contributed by atoms with E-state index in [2.05, 4.69) is 5.32 Å². The molecule has 7 heteroatoms. The van der Waals surface area contributed by atoms with Crippen molar-refractivity contribution in [2.75, 3.05) is 10.2 Å². The molecular weight excluding hydrogens is 336 g/mol. The third kappa shape index (κ3) is 3.23. The summed E-state index contributed by atoms with van der Waals surface area (Å²) in [6.45, 7) is 3.18. The lowest BCUT2D eigenvalue weighted by atomic mass is 10.1. The van der Waals surface area contributed by atoms with Crippen LogP contribution in [-0.4, -0.2) is 35.0 Å². The highest BCUT2D eigenvalue weighted by Gasteiger charge is 2.37. The fourth-order valence-corrected chi connectivity index (χ4v) is 2.78. The lowest BCUT2D eigenvalue weighted by Gasteiger charge is -2.36. The topological polar surface area (TPSA) is 95.9 Å². The number of ether oxygens (including phenoxy) is 1. The Morgan fingerprint density at radius 2 is 1.88 bits per heavy atom. The predicted octanol–water partition coefficient (Wildman–Crippen LogP) is 2.53. The second kappa shape index (κ2) is 6.87. The summed E-state index contributed by atoms with van der Waals surface area (Å²) < 4.78 is 5.53. The van der Waals surface area contributed by atoms with Crippen molar-refractivity contribution in [2.45, 2.75) is 26.0 Å². The zero-order valence-corrected chi connectivity index (χ0v) is 14.3. The highest BCUT2D eigenvalue weighted by Crippen LogP contribution is 2.36. The number of amides is 2. The van der Waals surface area contributed by atoms with Crippen molar-refractivity contribution in [1.82, 2.24) is 0 Å². The summed E-state index contributed by atoms with van der Waals surface area (Å²) in [6, 6.07) is 12.3. The first-order valence-electron chi connectivity index (χ1n) is 8.11. The maximum atomic E-state index is 12.6. The second-order valence-corrected chi connectivity index (χ2v) is 5.99. The minimum absolute atomic E-state index is 0.0478. The summed E-state index contributed by atoms with van der Waals surface area (Å²) in [6.07, 6.45) is -0.821. The number of para-hydroxylation sites is 1. The van der Waals surface area contributed by atoms with Gasteiger partial charge in [-0.2, -0.15) is 0 Å². The number of nitrogens with zero attached hydrogens (tertiary/aromatic N) is 1. The smallest absolute Gasteiger partial charge is 0.335 e. The van der Waals surface area contributed by atoms with Crippen molar-refractivity contribution in [3.8, 4) is 5.75 Å². The molecule has 134 valence electrons. The summed E-state index contributed by atoms with van der Waals surface area (Å²) in [5.41, 5.74) is 1.04. The standard InChI is InChI=1S/C19H18N2O5/c1-11(17(22)20-14-6-4-3-5-7-14)21-15-9-8-13(19(24)25)10-16(15)26-12(2)18(21)23/h3-12H,1-2H3,(H,20,22)(H,24,25). The molecule has 2 atom stereocenters. The van der Waals surface area contributed by atoms with Gasteiger partial charge in [-0.25, -0.2) is 4.79 Å². The molecule has 2 aromatic rings. The van der Waals surface area contributed by atoms with Crippen LogP contribution in [0.5, 0.6) is 5.75 Å². The molecular formula is C19H18N2O5. The number of anilines is 2. The lowest BCUT2D eigenvalue weighted by Crippen LogP contribution is -2.52. The van der Waals surface area contributed by atoms with Gasteiger partial charge in [0, 0.05) is 5.69 Å². The van der Waals surface area contributed by atoms with Gasteiger partial charge in [0.15, 0.2) is 6.10 Å². The summed E-state index contributed by atoms with van der Waals surface area (Å²) in [4.78, 5) is 37.7. The molecule has 0 saturated heterocycles. The molecule has 26 heavy (non-hydrogen) atoms. The molecule has 0 saturated carbocycles. The van der Waals surface area contributed by atoms with Gasteiger partial charge in [-0.1, -0.05) is 18.2 Å². The van der Waals surface area contributed by atoms with Gasteiger partial charge in [0.1, 0.15) is 11.8 Å². The van der Waals surface area contributed by atoms with Gasteiger partial charge < -0.3 is 15.2 Å². The van der Waals surface area contributed by atoms with E-state index in [4.69, 9.17) is 9.84 Å². The van der Waals surface area contributed by atoms with E-state index >= 15 is 0 Å². The average Bonchev–Trinajstić information content (AvgIpc) is 2.62. The Labute approximate surface area is 150 Å². The number of fused-ring (bicyclic) bond motifs is 1. The van der Waals surface area contributed by atoms with Crippen LogP contribution in [0.3, 0.4) is 0 Å². The molecule has 2 unspecified atom stereocenters. The predicted molar refractivity (Wildman–Crippen MR) is 95.5 cm³/mol. The molecule has 2 aromatic carbocycles. The largest absolute Gasteiger partial charge is 0.479 e. The van der Waals surface area contributed by atoms with Gasteiger partial charge in [0.25, 0.3) is 5.91 Å². The van der Waals surface area contributed by atoms with Crippen molar-refractivity contribution >= 4 is 29.2 Å². The van der Waals surface area contributed by atoms with Crippen molar-refractivity contribution in [3.05, 3.63) is 54.1 Å². The SMILES string of the molecule is CC1Oc2cc(C(=O)O)ccc2N(C(C)C(=O)Nc2ccccc2)C1=O. The van der Waals surface area contributed by atoms with Gasteiger partial charge >= 0.3 is 5.97 Å². The number of aromatic carboxylic acids is 1. The Morgan fingerprint density at radius 3 is 2.54 bits per heavy atom. The molecule has 2 amide bonds.